The predicted molar refractivity (Wildman–Crippen MR) is 76.7 cm³/mol. The number of aromatic nitrogens is 1. The van der Waals surface area contributed by atoms with Gasteiger partial charge in [-0.05, 0) is 13.3 Å². The van der Waals surface area contributed by atoms with Crippen molar-refractivity contribution in [3.05, 3.63) is 16.1 Å². The van der Waals surface area contributed by atoms with Crippen LogP contribution in [-0.4, -0.2) is 28.1 Å². The van der Waals surface area contributed by atoms with Crippen LogP contribution in [0.25, 0.3) is 0 Å². The summed E-state index contributed by atoms with van der Waals surface area (Å²) < 4.78 is 0. The Balaban J connectivity index is 2.56. The van der Waals surface area contributed by atoms with Crippen LogP contribution >= 0.6 is 11.3 Å². The first-order valence-corrected chi connectivity index (χ1v) is 7.05. The summed E-state index contributed by atoms with van der Waals surface area (Å²) in [6.07, 6.45) is 6.43. The molecular formula is C13H17N3O3S. The molecule has 1 aromatic rings. The highest BCUT2D eigenvalue weighted by atomic mass is 32.1. The number of carbonyl (C=O) groups is 2. The molecule has 1 heterocycles. The van der Waals surface area contributed by atoms with E-state index in [2.05, 4.69) is 21.5 Å². The highest BCUT2D eigenvalue weighted by Crippen LogP contribution is 2.17. The fourth-order valence-corrected chi connectivity index (χ4v) is 2.31. The number of carboxylic acid groups (broad SMARTS) is 1. The molecule has 0 aliphatic heterocycles. The van der Waals surface area contributed by atoms with Gasteiger partial charge in [0, 0.05) is 17.8 Å². The number of nitrogens with one attached hydrogen (secondary N) is 2. The number of urea groups is 1. The lowest BCUT2D eigenvalue weighted by molar-refractivity contribution is 0.0691. The van der Waals surface area contributed by atoms with E-state index in [0.717, 1.165) is 6.42 Å². The number of rotatable bonds is 6. The number of carboxylic acids is 1. The van der Waals surface area contributed by atoms with Crippen molar-refractivity contribution in [3.63, 3.8) is 0 Å². The average Bonchev–Trinajstić information content (AvgIpc) is 2.87. The van der Waals surface area contributed by atoms with Gasteiger partial charge in [-0.2, -0.15) is 0 Å². The van der Waals surface area contributed by atoms with Crippen molar-refractivity contribution < 1.29 is 14.7 Å². The van der Waals surface area contributed by atoms with Gasteiger partial charge in [-0.3, -0.25) is 0 Å². The third-order valence-corrected chi connectivity index (χ3v) is 3.68. The lowest BCUT2D eigenvalue weighted by Gasteiger charge is -2.17. The topological polar surface area (TPSA) is 91.3 Å². The first-order chi connectivity index (χ1) is 9.47. The number of terminal acetylenes is 1. The molecule has 0 saturated heterocycles. The number of hydrogen-bond acceptors (Lipinski definition) is 4. The minimum Gasteiger partial charge on any atom is -0.476 e. The monoisotopic (exact) mass is 295 g/mol. The molecule has 2 amide bonds. The SMILES string of the molecule is C#CCC(CC)NC(=O)NC(C)c1nc(C(=O)O)cs1. The minimum atomic E-state index is -1.08. The van der Waals surface area contributed by atoms with Crippen molar-refractivity contribution in [3.8, 4) is 12.3 Å². The van der Waals surface area contributed by atoms with E-state index >= 15 is 0 Å². The second-order valence-electron chi connectivity index (χ2n) is 4.23. The van der Waals surface area contributed by atoms with Gasteiger partial charge in [-0.25, -0.2) is 14.6 Å². The van der Waals surface area contributed by atoms with E-state index in [-0.39, 0.29) is 23.8 Å². The largest absolute Gasteiger partial charge is 0.476 e. The summed E-state index contributed by atoms with van der Waals surface area (Å²) >= 11 is 1.20. The fraction of sp³-hybridized carbons (Fsp3) is 0.462. The lowest BCUT2D eigenvalue weighted by Crippen LogP contribution is -2.42. The van der Waals surface area contributed by atoms with Crippen LogP contribution in [0.1, 0.15) is 48.2 Å². The summed E-state index contributed by atoms with van der Waals surface area (Å²) in [6.45, 7) is 3.68. The van der Waals surface area contributed by atoms with Gasteiger partial charge in [-0.15, -0.1) is 23.7 Å². The molecule has 6 nitrogen and oxygen atoms in total. The van der Waals surface area contributed by atoms with Gasteiger partial charge in [-0.1, -0.05) is 6.92 Å². The molecule has 0 saturated carbocycles. The van der Waals surface area contributed by atoms with Gasteiger partial charge in [0.1, 0.15) is 5.01 Å². The van der Waals surface area contributed by atoms with Crippen molar-refractivity contribution in [1.29, 1.82) is 0 Å². The smallest absolute Gasteiger partial charge is 0.355 e. The molecule has 2 atom stereocenters. The summed E-state index contributed by atoms with van der Waals surface area (Å²) in [4.78, 5) is 26.5. The van der Waals surface area contributed by atoms with E-state index in [1.54, 1.807) is 6.92 Å². The van der Waals surface area contributed by atoms with Crippen LogP contribution in [0.15, 0.2) is 5.38 Å². The average molecular weight is 295 g/mol. The molecule has 20 heavy (non-hydrogen) atoms. The van der Waals surface area contributed by atoms with E-state index in [1.807, 2.05) is 6.92 Å². The molecule has 2 unspecified atom stereocenters. The number of amides is 2. The van der Waals surface area contributed by atoms with Crippen LogP contribution in [-0.2, 0) is 0 Å². The van der Waals surface area contributed by atoms with Crippen molar-refractivity contribution in [1.82, 2.24) is 15.6 Å². The van der Waals surface area contributed by atoms with Gasteiger partial charge >= 0.3 is 12.0 Å². The van der Waals surface area contributed by atoms with Gasteiger partial charge < -0.3 is 15.7 Å². The standard InChI is InChI=1S/C13H17N3O3S/c1-4-6-9(5-2)15-13(19)14-8(3)11-16-10(7-20-11)12(17)18/h1,7-9H,5-6H2,2-3H3,(H,17,18)(H2,14,15,19). The molecule has 0 aromatic carbocycles. The van der Waals surface area contributed by atoms with Crippen molar-refractivity contribution in [2.45, 2.75) is 38.8 Å². The van der Waals surface area contributed by atoms with Gasteiger partial charge in [0.25, 0.3) is 0 Å². The molecule has 7 heteroatoms. The molecule has 1 rings (SSSR count). The minimum absolute atomic E-state index is 0.0159. The van der Waals surface area contributed by atoms with Crippen LogP contribution in [0, 0.1) is 12.3 Å². The lowest BCUT2D eigenvalue weighted by atomic mass is 10.1. The van der Waals surface area contributed by atoms with E-state index < -0.39 is 5.97 Å². The molecule has 0 spiro atoms. The molecule has 0 fully saturated rings. The number of nitrogens with zero attached hydrogens (tertiary/aromatic N) is 1. The second-order valence-corrected chi connectivity index (χ2v) is 5.12. The van der Waals surface area contributed by atoms with Gasteiger partial charge in [0.2, 0.25) is 0 Å². The van der Waals surface area contributed by atoms with Crippen LogP contribution in [0.5, 0.6) is 0 Å². The third kappa shape index (κ3) is 4.55. The Hall–Kier alpha value is -2.07. The summed E-state index contributed by atoms with van der Waals surface area (Å²) in [5, 5.41) is 16.3. The zero-order valence-electron chi connectivity index (χ0n) is 11.3. The Bertz CT molecular complexity index is 521. The highest BCUT2D eigenvalue weighted by Gasteiger charge is 2.17. The van der Waals surface area contributed by atoms with Crippen molar-refractivity contribution in [2.75, 3.05) is 0 Å². The molecular weight excluding hydrogens is 278 g/mol. The summed E-state index contributed by atoms with van der Waals surface area (Å²) in [6, 6.07) is -0.777. The van der Waals surface area contributed by atoms with Crippen LogP contribution in [0.4, 0.5) is 4.79 Å². The number of hydrogen-bond donors (Lipinski definition) is 3. The maximum Gasteiger partial charge on any atom is 0.355 e. The molecule has 0 radical (unpaired) electrons. The van der Waals surface area contributed by atoms with Gasteiger partial charge in [0.05, 0.1) is 6.04 Å². The van der Waals surface area contributed by atoms with E-state index in [0.29, 0.717) is 11.4 Å². The number of thiazole rings is 1. The van der Waals surface area contributed by atoms with Crippen LogP contribution in [0.3, 0.4) is 0 Å². The third-order valence-electron chi connectivity index (χ3n) is 2.65. The van der Waals surface area contributed by atoms with Crippen LogP contribution in [0.2, 0.25) is 0 Å². The van der Waals surface area contributed by atoms with E-state index in [1.165, 1.54) is 16.7 Å². The Morgan fingerprint density at radius 1 is 1.55 bits per heavy atom. The van der Waals surface area contributed by atoms with Gasteiger partial charge in [0.15, 0.2) is 5.69 Å². The summed E-state index contributed by atoms with van der Waals surface area (Å²) in [7, 11) is 0. The molecule has 3 N–H and O–H groups in total. The fourth-order valence-electron chi connectivity index (χ4n) is 1.51. The van der Waals surface area contributed by atoms with E-state index in [4.69, 9.17) is 11.5 Å². The normalized spacial score (nSPS) is 13.1. The Kier molecular flexibility index (Phi) is 6.00. The predicted octanol–water partition coefficient (Wildman–Crippen LogP) is 2.00. The summed E-state index contributed by atoms with van der Waals surface area (Å²) in [5.41, 5.74) is -0.0159. The summed E-state index contributed by atoms with van der Waals surface area (Å²) in [5.74, 6) is 1.43. The maximum absolute atomic E-state index is 11.8. The molecule has 1 aromatic heterocycles. The first-order valence-electron chi connectivity index (χ1n) is 6.17. The Morgan fingerprint density at radius 3 is 2.75 bits per heavy atom. The zero-order valence-corrected chi connectivity index (χ0v) is 12.2. The Labute approximate surface area is 121 Å². The van der Waals surface area contributed by atoms with Crippen molar-refractivity contribution >= 4 is 23.3 Å². The van der Waals surface area contributed by atoms with Crippen LogP contribution < -0.4 is 10.6 Å². The zero-order chi connectivity index (χ0) is 15.1. The molecule has 0 aliphatic rings. The first kappa shape index (κ1) is 16.0. The maximum atomic E-state index is 11.8. The Morgan fingerprint density at radius 2 is 2.25 bits per heavy atom. The second kappa shape index (κ2) is 7.50. The molecule has 0 aliphatic carbocycles. The highest BCUT2D eigenvalue weighted by molar-refractivity contribution is 7.09. The van der Waals surface area contributed by atoms with E-state index in [9.17, 15) is 9.59 Å². The van der Waals surface area contributed by atoms with Crippen molar-refractivity contribution in [2.24, 2.45) is 0 Å². The molecule has 0 bridgehead atoms. The number of carbonyl (C=O) groups excluding carboxylic acids is 1. The number of aromatic carboxylic acids is 1. The quantitative estimate of drug-likeness (QED) is 0.700. The molecule has 108 valence electrons.